The third-order valence-corrected chi connectivity index (χ3v) is 1.82. The molecule has 0 aliphatic rings. The Hall–Kier alpha value is -1.33. The summed E-state index contributed by atoms with van der Waals surface area (Å²) in [6.45, 7) is -0.400. The van der Waals surface area contributed by atoms with Gasteiger partial charge in [0.2, 0.25) is 0 Å². The Balaban J connectivity index is 2.63. The van der Waals surface area contributed by atoms with E-state index in [0.717, 1.165) is 6.07 Å². The summed E-state index contributed by atoms with van der Waals surface area (Å²) in [5, 5.41) is 10.8. The van der Waals surface area contributed by atoms with Crippen LogP contribution in [0, 0.1) is 5.82 Å². The summed E-state index contributed by atoms with van der Waals surface area (Å²) in [7, 11) is 0. The van der Waals surface area contributed by atoms with Crippen molar-refractivity contribution in [2.75, 3.05) is 18.5 Å². The highest BCUT2D eigenvalue weighted by molar-refractivity contribution is 6.33. The summed E-state index contributed by atoms with van der Waals surface area (Å²) < 4.78 is 17.3. The highest BCUT2D eigenvalue weighted by Crippen LogP contribution is 2.22. The summed E-state index contributed by atoms with van der Waals surface area (Å²) in [6, 6.07) is 3.56. The van der Waals surface area contributed by atoms with Gasteiger partial charge in [0.15, 0.2) is 0 Å². The Morgan fingerprint density at radius 2 is 2.33 bits per heavy atom. The minimum absolute atomic E-state index is 0.125. The summed E-state index contributed by atoms with van der Waals surface area (Å²) >= 11 is 5.69. The average molecular weight is 234 g/mol. The van der Waals surface area contributed by atoms with E-state index in [9.17, 15) is 9.18 Å². The quantitative estimate of drug-likeness (QED) is 0.840. The summed E-state index contributed by atoms with van der Waals surface area (Å²) in [6.07, 6.45) is -0.795. The van der Waals surface area contributed by atoms with Crippen LogP contribution in [0.2, 0.25) is 5.02 Å². The second-order valence-electron chi connectivity index (χ2n) is 2.61. The van der Waals surface area contributed by atoms with E-state index in [-0.39, 0.29) is 23.9 Å². The molecule has 6 heteroatoms. The number of rotatable bonds is 3. The van der Waals surface area contributed by atoms with Crippen molar-refractivity contribution in [1.29, 1.82) is 0 Å². The minimum Gasteiger partial charge on any atom is -0.447 e. The standard InChI is InChI=1S/C9H9ClFNO3/c10-7-2-1-6(11)5-8(7)12-9(14)15-4-3-13/h1-2,5,13H,3-4H2,(H,12,14). The van der Waals surface area contributed by atoms with Gasteiger partial charge in [0.05, 0.1) is 17.3 Å². The fourth-order valence-electron chi connectivity index (χ4n) is 0.878. The summed E-state index contributed by atoms with van der Waals surface area (Å²) in [5.41, 5.74) is 0.125. The van der Waals surface area contributed by atoms with Crippen molar-refractivity contribution in [3.63, 3.8) is 0 Å². The van der Waals surface area contributed by atoms with E-state index in [1.165, 1.54) is 12.1 Å². The van der Waals surface area contributed by atoms with E-state index >= 15 is 0 Å². The number of hydrogen-bond acceptors (Lipinski definition) is 3. The minimum atomic E-state index is -0.795. The molecule has 1 amide bonds. The fraction of sp³-hybridized carbons (Fsp3) is 0.222. The second kappa shape index (κ2) is 5.53. The number of aliphatic hydroxyl groups is 1. The molecule has 0 aliphatic carbocycles. The van der Waals surface area contributed by atoms with Crippen LogP contribution in [0.3, 0.4) is 0 Å². The zero-order valence-electron chi connectivity index (χ0n) is 7.67. The number of benzene rings is 1. The lowest BCUT2D eigenvalue weighted by Crippen LogP contribution is -2.16. The molecule has 4 nitrogen and oxygen atoms in total. The summed E-state index contributed by atoms with van der Waals surface area (Å²) in [4.78, 5) is 11.0. The molecule has 1 rings (SSSR count). The van der Waals surface area contributed by atoms with Crippen LogP contribution in [-0.2, 0) is 4.74 Å². The van der Waals surface area contributed by atoms with Gasteiger partial charge in [0.1, 0.15) is 12.4 Å². The summed E-state index contributed by atoms with van der Waals surface area (Å²) in [5.74, 6) is -0.517. The molecule has 0 fully saturated rings. The fourth-order valence-corrected chi connectivity index (χ4v) is 1.04. The van der Waals surface area contributed by atoms with Crippen LogP contribution in [0.4, 0.5) is 14.9 Å². The van der Waals surface area contributed by atoms with Gasteiger partial charge in [-0.3, -0.25) is 5.32 Å². The van der Waals surface area contributed by atoms with Crippen molar-refractivity contribution in [3.05, 3.63) is 29.0 Å². The lowest BCUT2D eigenvalue weighted by molar-refractivity contribution is 0.131. The Morgan fingerprint density at radius 1 is 1.60 bits per heavy atom. The van der Waals surface area contributed by atoms with E-state index in [2.05, 4.69) is 10.1 Å². The van der Waals surface area contributed by atoms with E-state index in [1.807, 2.05) is 0 Å². The molecular formula is C9H9ClFNO3. The highest BCUT2D eigenvalue weighted by atomic mass is 35.5. The molecule has 0 atom stereocenters. The molecule has 0 radical (unpaired) electrons. The molecule has 0 saturated heterocycles. The first-order valence-electron chi connectivity index (χ1n) is 4.13. The topological polar surface area (TPSA) is 58.6 Å². The van der Waals surface area contributed by atoms with Gasteiger partial charge in [-0.2, -0.15) is 0 Å². The third kappa shape index (κ3) is 3.73. The molecule has 1 aromatic rings. The van der Waals surface area contributed by atoms with Crippen LogP contribution in [0.5, 0.6) is 0 Å². The lowest BCUT2D eigenvalue weighted by Gasteiger charge is -2.07. The number of aliphatic hydroxyl groups excluding tert-OH is 1. The van der Waals surface area contributed by atoms with Gasteiger partial charge in [-0.15, -0.1) is 0 Å². The highest BCUT2D eigenvalue weighted by Gasteiger charge is 2.07. The first-order valence-corrected chi connectivity index (χ1v) is 4.51. The van der Waals surface area contributed by atoms with Crippen LogP contribution in [0.25, 0.3) is 0 Å². The molecule has 0 spiro atoms. The molecule has 0 heterocycles. The number of anilines is 1. The number of carbonyl (C=O) groups is 1. The van der Waals surface area contributed by atoms with Gasteiger partial charge in [-0.05, 0) is 18.2 Å². The molecular weight excluding hydrogens is 225 g/mol. The Labute approximate surface area is 90.6 Å². The van der Waals surface area contributed by atoms with Crippen molar-refractivity contribution in [1.82, 2.24) is 0 Å². The SMILES string of the molecule is O=C(Nc1cc(F)ccc1Cl)OCCO. The van der Waals surface area contributed by atoms with Crippen LogP contribution in [0.15, 0.2) is 18.2 Å². The Kier molecular flexibility index (Phi) is 4.33. The van der Waals surface area contributed by atoms with Crippen molar-refractivity contribution in [3.8, 4) is 0 Å². The van der Waals surface area contributed by atoms with Crippen LogP contribution >= 0.6 is 11.6 Å². The molecule has 82 valence electrons. The van der Waals surface area contributed by atoms with Gasteiger partial charge < -0.3 is 9.84 Å². The second-order valence-corrected chi connectivity index (χ2v) is 3.02. The number of carbonyl (C=O) groups excluding carboxylic acids is 1. The number of ether oxygens (including phenoxy) is 1. The monoisotopic (exact) mass is 233 g/mol. The van der Waals surface area contributed by atoms with Gasteiger partial charge >= 0.3 is 6.09 Å². The smallest absolute Gasteiger partial charge is 0.411 e. The third-order valence-electron chi connectivity index (χ3n) is 1.49. The van der Waals surface area contributed by atoms with Crippen LogP contribution < -0.4 is 5.32 Å². The zero-order chi connectivity index (χ0) is 11.3. The molecule has 0 unspecified atom stereocenters. The zero-order valence-corrected chi connectivity index (χ0v) is 8.42. The number of hydrogen-bond donors (Lipinski definition) is 2. The van der Waals surface area contributed by atoms with Gasteiger partial charge in [-0.1, -0.05) is 11.6 Å². The first kappa shape index (κ1) is 11.7. The molecule has 0 saturated carbocycles. The van der Waals surface area contributed by atoms with Crippen LogP contribution in [0.1, 0.15) is 0 Å². The van der Waals surface area contributed by atoms with Gasteiger partial charge in [0.25, 0.3) is 0 Å². The Bertz CT molecular complexity index is 359. The van der Waals surface area contributed by atoms with E-state index in [1.54, 1.807) is 0 Å². The van der Waals surface area contributed by atoms with Crippen molar-refractivity contribution in [2.24, 2.45) is 0 Å². The van der Waals surface area contributed by atoms with E-state index in [0.29, 0.717) is 0 Å². The van der Waals surface area contributed by atoms with Gasteiger partial charge in [-0.25, -0.2) is 9.18 Å². The number of nitrogens with one attached hydrogen (secondary N) is 1. The largest absolute Gasteiger partial charge is 0.447 e. The maximum Gasteiger partial charge on any atom is 0.411 e. The normalized spacial score (nSPS) is 9.80. The van der Waals surface area contributed by atoms with E-state index < -0.39 is 11.9 Å². The molecule has 2 N–H and O–H groups in total. The molecule has 15 heavy (non-hydrogen) atoms. The number of amides is 1. The molecule has 0 aromatic heterocycles. The van der Waals surface area contributed by atoms with Gasteiger partial charge in [0, 0.05) is 0 Å². The lowest BCUT2D eigenvalue weighted by atomic mass is 10.3. The van der Waals surface area contributed by atoms with Crippen molar-refractivity contribution in [2.45, 2.75) is 0 Å². The molecule has 0 bridgehead atoms. The predicted octanol–water partition coefficient (Wildman–Crippen LogP) is 2.02. The number of halogens is 2. The maximum absolute atomic E-state index is 12.8. The average Bonchev–Trinajstić information content (AvgIpc) is 2.20. The van der Waals surface area contributed by atoms with E-state index in [4.69, 9.17) is 16.7 Å². The van der Waals surface area contributed by atoms with Crippen molar-refractivity contribution >= 4 is 23.4 Å². The Morgan fingerprint density at radius 3 is 3.00 bits per heavy atom. The first-order chi connectivity index (χ1) is 7.13. The predicted molar refractivity (Wildman–Crippen MR) is 53.5 cm³/mol. The molecule has 0 aliphatic heterocycles. The molecule has 1 aromatic carbocycles. The van der Waals surface area contributed by atoms with Crippen molar-refractivity contribution < 1.29 is 19.0 Å². The van der Waals surface area contributed by atoms with Crippen LogP contribution in [-0.4, -0.2) is 24.4 Å². The maximum atomic E-state index is 12.8.